The van der Waals surface area contributed by atoms with Gasteiger partial charge in [0.2, 0.25) is 5.88 Å². The van der Waals surface area contributed by atoms with Gasteiger partial charge >= 0.3 is 0 Å². The van der Waals surface area contributed by atoms with E-state index in [1.165, 1.54) is 17.7 Å². The first-order valence-electron chi connectivity index (χ1n) is 13.9. The minimum Gasteiger partial charge on any atom is -0.514 e. The van der Waals surface area contributed by atoms with Gasteiger partial charge in [-0.15, -0.1) is 6.07 Å². The quantitative estimate of drug-likeness (QED) is 0.186. The van der Waals surface area contributed by atoms with Crippen molar-refractivity contribution in [3.05, 3.63) is 119 Å². The standard InChI is InChI=1S/C35H26F3N2O3.Pt/c1-18-10-19-8-9-30(39-32(19)28(41)11-18)42-23-13-20(31-26(37)15-22(36)16-27(31)38)12-21(14-23)34-40-33-24-6-4-5-7-25(24)35(2,3)17-29(33)43-34;/h4-13,15-16,29,33,41H,17H2,1-3H3;/q-1;/t29-,33+;/m1./s1. The molecule has 0 fully saturated rings. The number of phenols is 1. The number of phenolic OH excluding ortho intramolecular Hbond substituents is 1. The van der Waals surface area contributed by atoms with Gasteiger partial charge in [0.15, 0.2) is 0 Å². The molecule has 0 spiro atoms. The van der Waals surface area contributed by atoms with Gasteiger partial charge in [-0.3, -0.25) is 4.99 Å². The fourth-order valence-electron chi connectivity index (χ4n) is 6.18. The molecule has 2 aliphatic rings. The molecule has 2 atom stereocenters. The second kappa shape index (κ2) is 11.1. The van der Waals surface area contributed by atoms with Crippen LogP contribution in [0.4, 0.5) is 13.2 Å². The Hall–Kier alpha value is -4.16. The summed E-state index contributed by atoms with van der Waals surface area (Å²) in [5.74, 6) is -2.69. The number of pyridine rings is 1. The molecular weight excluding hydrogens is 748 g/mol. The van der Waals surface area contributed by atoms with Gasteiger partial charge in [-0.05, 0) is 53.6 Å². The molecular formula is C35H26F3N2O3Pt-. The number of ether oxygens (including phenoxy) is 2. The summed E-state index contributed by atoms with van der Waals surface area (Å²) in [4.78, 5) is 9.34. The van der Waals surface area contributed by atoms with E-state index in [-0.39, 0.29) is 67.5 Å². The first kappa shape index (κ1) is 29.9. The van der Waals surface area contributed by atoms with E-state index in [0.29, 0.717) is 23.2 Å². The van der Waals surface area contributed by atoms with E-state index in [2.05, 4.69) is 31.0 Å². The molecule has 0 saturated heterocycles. The van der Waals surface area contributed by atoms with E-state index in [1.807, 2.05) is 31.2 Å². The van der Waals surface area contributed by atoms with E-state index in [4.69, 9.17) is 14.5 Å². The third-order valence-corrected chi connectivity index (χ3v) is 8.07. The van der Waals surface area contributed by atoms with Gasteiger partial charge in [-0.25, -0.2) is 18.2 Å². The molecule has 1 aliphatic carbocycles. The molecule has 1 N–H and O–H groups in total. The van der Waals surface area contributed by atoms with Crippen LogP contribution >= 0.6 is 0 Å². The van der Waals surface area contributed by atoms with Crippen molar-refractivity contribution in [3.8, 4) is 28.5 Å². The first-order valence-corrected chi connectivity index (χ1v) is 13.9. The predicted molar refractivity (Wildman–Crippen MR) is 157 cm³/mol. The van der Waals surface area contributed by atoms with Crippen LogP contribution in [0.1, 0.15) is 48.6 Å². The zero-order chi connectivity index (χ0) is 30.0. The van der Waals surface area contributed by atoms with E-state index in [9.17, 15) is 18.3 Å². The summed E-state index contributed by atoms with van der Waals surface area (Å²) < 4.78 is 56.1. The fraction of sp³-hybridized carbons (Fsp3) is 0.200. The number of aryl methyl sites for hydroxylation is 1. The van der Waals surface area contributed by atoms with Crippen molar-refractivity contribution in [2.24, 2.45) is 4.99 Å². The molecule has 0 saturated carbocycles. The molecule has 9 heteroatoms. The van der Waals surface area contributed by atoms with Crippen LogP contribution in [0.25, 0.3) is 22.0 Å². The Labute approximate surface area is 266 Å². The second-order valence-corrected chi connectivity index (χ2v) is 11.7. The molecule has 0 amide bonds. The minimum absolute atomic E-state index is 0. The Bertz CT molecular complexity index is 1950. The van der Waals surface area contributed by atoms with Crippen molar-refractivity contribution >= 4 is 16.8 Å². The topological polar surface area (TPSA) is 63.9 Å². The van der Waals surface area contributed by atoms with Crippen LogP contribution in [-0.2, 0) is 31.2 Å². The predicted octanol–water partition coefficient (Wildman–Crippen LogP) is 8.49. The number of nitrogens with zero attached hydrogens (tertiary/aromatic N) is 2. The largest absolute Gasteiger partial charge is 0.514 e. The summed E-state index contributed by atoms with van der Waals surface area (Å²) >= 11 is 0. The summed E-state index contributed by atoms with van der Waals surface area (Å²) in [6.07, 6.45) is 0.477. The molecule has 2 heterocycles. The molecule has 1 aromatic heterocycles. The van der Waals surface area contributed by atoms with Gasteiger partial charge < -0.3 is 14.6 Å². The fourth-order valence-corrected chi connectivity index (χ4v) is 6.18. The average molecular weight is 775 g/mol. The van der Waals surface area contributed by atoms with Gasteiger partial charge in [-0.1, -0.05) is 61.4 Å². The number of halogens is 3. The maximum Gasteiger partial charge on any atom is 0.217 e. The molecule has 1 aliphatic heterocycles. The van der Waals surface area contributed by atoms with Crippen molar-refractivity contribution in [1.29, 1.82) is 0 Å². The maximum absolute atomic E-state index is 15.0. The molecule has 7 rings (SSSR count). The van der Waals surface area contributed by atoms with Crippen molar-refractivity contribution in [2.75, 3.05) is 0 Å². The number of fused-ring (bicyclic) bond motifs is 4. The summed E-state index contributed by atoms with van der Waals surface area (Å²) in [6.45, 7) is 6.19. The molecule has 44 heavy (non-hydrogen) atoms. The Morgan fingerprint density at radius 2 is 1.73 bits per heavy atom. The summed E-state index contributed by atoms with van der Waals surface area (Å²) in [6, 6.07) is 22.0. The Morgan fingerprint density at radius 1 is 0.977 bits per heavy atom. The molecule has 226 valence electrons. The van der Waals surface area contributed by atoms with Crippen LogP contribution in [-0.4, -0.2) is 22.1 Å². The number of aromatic nitrogens is 1. The minimum atomic E-state index is -1.07. The monoisotopic (exact) mass is 774 g/mol. The van der Waals surface area contributed by atoms with Gasteiger partial charge in [0.1, 0.15) is 46.8 Å². The molecule has 0 bridgehead atoms. The van der Waals surface area contributed by atoms with Crippen LogP contribution < -0.4 is 4.74 Å². The summed E-state index contributed by atoms with van der Waals surface area (Å²) in [5.41, 5.74) is 3.31. The van der Waals surface area contributed by atoms with Gasteiger partial charge in [-0.2, -0.15) is 0 Å². The first-order chi connectivity index (χ1) is 20.6. The number of aromatic hydroxyl groups is 1. The third kappa shape index (κ3) is 5.26. The Morgan fingerprint density at radius 3 is 2.50 bits per heavy atom. The smallest absolute Gasteiger partial charge is 0.217 e. The van der Waals surface area contributed by atoms with E-state index in [0.717, 1.165) is 22.9 Å². The Kier molecular flexibility index (Phi) is 7.53. The molecule has 5 aromatic rings. The Balaban J connectivity index is 0.00000343. The number of hydrogen-bond donors (Lipinski definition) is 1. The second-order valence-electron chi connectivity index (χ2n) is 11.7. The molecule has 0 radical (unpaired) electrons. The maximum atomic E-state index is 15.0. The zero-order valence-corrected chi connectivity index (χ0v) is 26.2. The SMILES string of the molecule is Cc1cc(O)c2nc(Oc3[c-]c(C4=N[C@H]5c6ccccc6C(C)(C)C[C@H]5O4)cc(-c4c(F)cc(F)cc4F)c3)ccc2c1.[Pt]. The number of hydrogen-bond acceptors (Lipinski definition) is 5. The van der Waals surface area contributed by atoms with Crippen LogP contribution in [0.5, 0.6) is 17.4 Å². The van der Waals surface area contributed by atoms with Crippen LogP contribution in [0, 0.1) is 30.4 Å². The van der Waals surface area contributed by atoms with Gasteiger partial charge in [0.05, 0.1) is 0 Å². The van der Waals surface area contributed by atoms with Crippen LogP contribution in [0.2, 0.25) is 0 Å². The number of aliphatic imine (C=N–C) groups is 1. The number of benzene rings is 4. The van der Waals surface area contributed by atoms with Crippen LogP contribution in [0.15, 0.2) is 77.8 Å². The summed E-state index contributed by atoms with van der Waals surface area (Å²) in [5, 5.41) is 11.2. The van der Waals surface area contributed by atoms with Crippen molar-refractivity contribution in [2.45, 2.75) is 44.8 Å². The molecule has 4 aromatic carbocycles. The van der Waals surface area contributed by atoms with Crippen molar-refractivity contribution in [1.82, 2.24) is 4.98 Å². The van der Waals surface area contributed by atoms with Crippen LogP contribution in [0.3, 0.4) is 0 Å². The summed E-state index contributed by atoms with van der Waals surface area (Å²) in [7, 11) is 0. The normalized spacial score (nSPS) is 18.1. The molecule has 0 unspecified atom stereocenters. The molecule has 5 nitrogen and oxygen atoms in total. The van der Waals surface area contributed by atoms with Crippen molar-refractivity contribution in [3.63, 3.8) is 0 Å². The van der Waals surface area contributed by atoms with Crippen molar-refractivity contribution < 1.29 is 48.8 Å². The van der Waals surface area contributed by atoms with E-state index < -0.39 is 23.0 Å². The van der Waals surface area contributed by atoms with E-state index in [1.54, 1.807) is 18.2 Å². The number of rotatable bonds is 4. The average Bonchev–Trinajstić information content (AvgIpc) is 3.36. The van der Waals surface area contributed by atoms with Gasteiger partial charge in [0, 0.05) is 56.0 Å². The van der Waals surface area contributed by atoms with E-state index >= 15 is 0 Å². The third-order valence-electron chi connectivity index (χ3n) is 8.07. The van der Waals surface area contributed by atoms with Gasteiger partial charge in [0.25, 0.3) is 0 Å². The zero-order valence-electron chi connectivity index (χ0n) is 23.9.